The van der Waals surface area contributed by atoms with Gasteiger partial charge in [0, 0.05) is 25.0 Å². The fourth-order valence-corrected chi connectivity index (χ4v) is 3.01. The molecule has 0 bridgehead atoms. The van der Waals surface area contributed by atoms with Crippen molar-refractivity contribution in [2.24, 2.45) is 0 Å². The molecule has 0 unspecified atom stereocenters. The third-order valence-electron chi connectivity index (χ3n) is 4.07. The molecule has 28 heavy (non-hydrogen) atoms. The average molecular weight is 426 g/mol. The minimum Gasteiger partial charge on any atom is -0.481 e. The fraction of sp³-hybridized carbons (Fsp3) is 0.333. The molecule has 0 spiro atoms. The first-order valence-electron chi connectivity index (χ1n) is 8.51. The molecule has 0 saturated carbocycles. The Morgan fingerprint density at radius 1 is 1.36 bits per heavy atom. The summed E-state index contributed by atoms with van der Waals surface area (Å²) in [5, 5.41) is 9.57. The number of hydrogen-bond acceptors (Lipinski definition) is 6. The number of aliphatic carboxylic acids is 1. The van der Waals surface area contributed by atoms with Crippen LogP contribution in [0.5, 0.6) is 11.5 Å². The second-order valence-corrected chi connectivity index (χ2v) is 6.85. The molecule has 0 radical (unpaired) electrons. The number of carboxylic acid groups (broad SMARTS) is 1. The number of amides is 1. The molecule has 0 saturated heterocycles. The van der Waals surface area contributed by atoms with Crippen molar-refractivity contribution in [3.05, 3.63) is 40.4 Å². The second kappa shape index (κ2) is 8.62. The van der Waals surface area contributed by atoms with E-state index < -0.39 is 12.1 Å². The van der Waals surface area contributed by atoms with Crippen LogP contribution in [0.2, 0.25) is 10.0 Å². The van der Waals surface area contributed by atoms with Gasteiger partial charge < -0.3 is 19.5 Å². The van der Waals surface area contributed by atoms with Gasteiger partial charge in [0.15, 0.2) is 18.5 Å². The zero-order chi connectivity index (χ0) is 20.3. The lowest BCUT2D eigenvalue weighted by molar-refractivity contribution is -0.136. The SMILES string of the molecule is CC[C@@H](Oc1cc2c(cc1Cl)N(CCC(=O)O)C(=O)CO2)c1ncc(Cl)cn1. The number of fused-ring (bicyclic) bond motifs is 1. The Hall–Kier alpha value is -2.58. The smallest absolute Gasteiger partial charge is 0.305 e. The number of anilines is 1. The Morgan fingerprint density at radius 2 is 2.07 bits per heavy atom. The number of nitrogens with zero attached hydrogens (tertiary/aromatic N) is 3. The molecule has 8 nitrogen and oxygen atoms in total. The summed E-state index contributed by atoms with van der Waals surface area (Å²) in [6.45, 7) is 1.75. The summed E-state index contributed by atoms with van der Waals surface area (Å²) in [7, 11) is 0. The van der Waals surface area contributed by atoms with Gasteiger partial charge in [-0.15, -0.1) is 0 Å². The van der Waals surface area contributed by atoms with Gasteiger partial charge in [-0.3, -0.25) is 9.59 Å². The Bertz CT molecular complexity index is 892. The number of halogens is 2. The van der Waals surface area contributed by atoms with Gasteiger partial charge in [0.1, 0.15) is 11.5 Å². The minimum absolute atomic E-state index is 0.0251. The summed E-state index contributed by atoms with van der Waals surface area (Å²) in [4.78, 5) is 32.7. The van der Waals surface area contributed by atoms with E-state index in [1.54, 1.807) is 6.07 Å². The average Bonchev–Trinajstić information content (AvgIpc) is 2.66. The zero-order valence-corrected chi connectivity index (χ0v) is 16.4. The zero-order valence-electron chi connectivity index (χ0n) is 14.9. The van der Waals surface area contributed by atoms with Gasteiger partial charge in [-0.2, -0.15) is 0 Å². The largest absolute Gasteiger partial charge is 0.481 e. The van der Waals surface area contributed by atoms with E-state index in [4.69, 9.17) is 37.8 Å². The van der Waals surface area contributed by atoms with E-state index >= 15 is 0 Å². The first-order valence-corrected chi connectivity index (χ1v) is 9.27. The number of carbonyl (C=O) groups excluding carboxylic acids is 1. The van der Waals surface area contributed by atoms with Gasteiger partial charge in [0.25, 0.3) is 5.91 Å². The molecule has 2 aromatic rings. The van der Waals surface area contributed by atoms with E-state index in [0.717, 1.165) is 0 Å². The monoisotopic (exact) mass is 425 g/mol. The quantitative estimate of drug-likeness (QED) is 0.723. The highest BCUT2D eigenvalue weighted by atomic mass is 35.5. The first-order chi connectivity index (χ1) is 13.4. The lowest BCUT2D eigenvalue weighted by Crippen LogP contribution is -2.40. The van der Waals surface area contributed by atoms with Crippen molar-refractivity contribution in [2.45, 2.75) is 25.9 Å². The van der Waals surface area contributed by atoms with Gasteiger partial charge in [-0.05, 0) is 12.5 Å². The van der Waals surface area contributed by atoms with Crippen molar-refractivity contribution < 1.29 is 24.2 Å². The molecule has 1 N–H and O–H groups in total. The van der Waals surface area contributed by atoms with E-state index in [2.05, 4.69) is 9.97 Å². The number of benzene rings is 1. The molecule has 1 aromatic heterocycles. The van der Waals surface area contributed by atoms with Crippen molar-refractivity contribution in [1.82, 2.24) is 9.97 Å². The molecule has 1 aromatic carbocycles. The summed E-state index contributed by atoms with van der Waals surface area (Å²) >= 11 is 12.2. The molecule has 1 amide bonds. The number of hydrogen-bond donors (Lipinski definition) is 1. The normalized spacial score (nSPS) is 14.2. The van der Waals surface area contributed by atoms with E-state index in [-0.39, 0.29) is 30.5 Å². The Morgan fingerprint density at radius 3 is 2.71 bits per heavy atom. The van der Waals surface area contributed by atoms with Gasteiger partial charge >= 0.3 is 5.97 Å². The van der Waals surface area contributed by atoms with Crippen LogP contribution in [-0.4, -0.2) is 40.1 Å². The molecule has 3 rings (SSSR count). The maximum Gasteiger partial charge on any atom is 0.305 e. The third kappa shape index (κ3) is 4.45. The molecular formula is C18H17Cl2N3O5. The molecular weight excluding hydrogens is 409 g/mol. The first kappa shape index (κ1) is 20.2. The minimum atomic E-state index is -0.999. The lowest BCUT2D eigenvalue weighted by atomic mass is 10.2. The van der Waals surface area contributed by atoms with Crippen LogP contribution in [-0.2, 0) is 9.59 Å². The second-order valence-electron chi connectivity index (χ2n) is 6.00. The van der Waals surface area contributed by atoms with Gasteiger partial charge in [0.05, 0.1) is 22.2 Å². The van der Waals surface area contributed by atoms with Crippen molar-refractivity contribution in [3.8, 4) is 11.5 Å². The van der Waals surface area contributed by atoms with Crippen molar-refractivity contribution in [1.29, 1.82) is 0 Å². The van der Waals surface area contributed by atoms with Crippen LogP contribution in [0.1, 0.15) is 31.7 Å². The van der Waals surface area contributed by atoms with Crippen LogP contribution in [0.15, 0.2) is 24.5 Å². The lowest BCUT2D eigenvalue weighted by Gasteiger charge is -2.30. The summed E-state index contributed by atoms with van der Waals surface area (Å²) < 4.78 is 11.4. The predicted octanol–water partition coefficient (Wildman–Crippen LogP) is 3.51. The molecule has 2 heterocycles. The molecule has 0 fully saturated rings. The van der Waals surface area contributed by atoms with Crippen LogP contribution in [0.3, 0.4) is 0 Å². The fourth-order valence-electron chi connectivity index (χ4n) is 2.71. The van der Waals surface area contributed by atoms with E-state index in [1.807, 2.05) is 6.92 Å². The standard InChI is InChI=1S/C18H17Cl2N3O5/c1-2-13(18-21-7-10(19)8-22-18)28-14-6-15-12(5-11(14)20)23(4-3-17(25)26)16(24)9-27-15/h5-8,13H,2-4,9H2,1H3,(H,25,26)/t13-/m1/s1. The van der Waals surface area contributed by atoms with Crippen LogP contribution in [0.4, 0.5) is 5.69 Å². The molecule has 1 aliphatic rings. The topological polar surface area (TPSA) is 102 Å². The molecule has 0 aliphatic carbocycles. The maximum absolute atomic E-state index is 12.1. The van der Waals surface area contributed by atoms with Crippen LogP contribution < -0.4 is 14.4 Å². The van der Waals surface area contributed by atoms with Crippen molar-refractivity contribution in [3.63, 3.8) is 0 Å². The number of ether oxygens (including phenoxy) is 2. The third-order valence-corrected chi connectivity index (χ3v) is 4.56. The highest BCUT2D eigenvalue weighted by Gasteiger charge is 2.28. The predicted molar refractivity (Wildman–Crippen MR) is 102 cm³/mol. The van der Waals surface area contributed by atoms with Crippen LogP contribution in [0.25, 0.3) is 0 Å². The van der Waals surface area contributed by atoms with Crippen molar-refractivity contribution in [2.75, 3.05) is 18.1 Å². The maximum atomic E-state index is 12.1. The van der Waals surface area contributed by atoms with Gasteiger partial charge in [-0.1, -0.05) is 30.1 Å². The van der Waals surface area contributed by atoms with Crippen LogP contribution in [0, 0.1) is 0 Å². The van der Waals surface area contributed by atoms with Gasteiger partial charge in [-0.25, -0.2) is 9.97 Å². The summed E-state index contributed by atoms with van der Waals surface area (Å²) in [6, 6.07) is 3.11. The van der Waals surface area contributed by atoms with Gasteiger partial charge in [0.2, 0.25) is 0 Å². The van der Waals surface area contributed by atoms with E-state index in [0.29, 0.717) is 34.5 Å². The summed E-state index contributed by atoms with van der Waals surface area (Å²) in [6.07, 6.45) is 2.91. The summed E-state index contributed by atoms with van der Waals surface area (Å²) in [5.74, 6) is -0.144. The highest BCUT2D eigenvalue weighted by molar-refractivity contribution is 6.32. The van der Waals surface area contributed by atoms with Crippen molar-refractivity contribution >= 4 is 40.8 Å². The number of rotatable bonds is 7. The van der Waals surface area contributed by atoms with E-state index in [1.165, 1.54) is 23.4 Å². The molecule has 148 valence electrons. The molecule has 10 heteroatoms. The molecule has 1 aliphatic heterocycles. The summed E-state index contributed by atoms with van der Waals surface area (Å²) in [5.41, 5.74) is 0.408. The Balaban J connectivity index is 1.86. The highest BCUT2D eigenvalue weighted by Crippen LogP contribution is 2.41. The number of aromatic nitrogens is 2. The molecule has 1 atom stereocenters. The Kier molecular flexibility index (Phi) is 6.21. The number of carbonyl (C=O) groups is 2. The van der Waals surface area contributed by atoms with Crippen LogP contribution >= 0.6 is 23.2 Å². The Labute approximate surface area is 171 Å². The van der Waals surface area contributed by atoms with E-state index in [9.17, 15) is 9.59 Å². The number of carboxylic acids is 1.